The maximum Gasteiger partial charge on any atom is 0.240 e. The highest BCUT2D eigenvalue weighted by molar-refractivity contribution is 7.89. The molecule has 2 fully saturated rings. The molecule has 5 nitrogen and oxygen atoms in total. The Hall–Kier alpha value is -0.660. The normalized spacial score (nSPS) is 24.7. The van der Waals surface area contributed by atoms with Gasteiger partial charge in [0.05, 0.1) is 17.6 Å². The minimum atomic E-state index is -3.55. The smallest absolute Gasteiger partial charge is 0.240 e. The Morgan fingerprint density at radius 2 is 1.86 bits per heavy atom. The van der Waals surface area contributed by atoms with Gasteiger partial charge in [-0.25, -0.2) is 13.1 Å². The first-order valence-corrected chi connectivity index (χ1v) is 9.42. The zero-order valence-corrected chi connectivity index (χ0v) is 13.8. The van der Waals surface area contributed by atoms with Gasteiger partial charge in [0.15, 0.2) is 5.79 Å². The summed E-state index contributed by atoms with van der Waals surface area (Å²) < 4.78 is 38.8. The number of nitrogens with one attached hydrogen (secondary N) is 1. The third-order valence-corrected chi connectivity index (χ3v) is 5.85. The maximum atomic E-state index is 12.2. The monoisotopic (exact) mass is 345 g/mol. The topological polar surface area (TPSA) is 64.6 Å². The lowest BCUT2D eigenvalue weighted by Gasteiger charge is -2.31. The number of benzene rings is 1. The summed E-state index contributed by atoms with van der Waals surface area (Å²) in [5, 5.41) is 0.505. The van der Waals surface area contributed by atoms with Crippen LogP contribution < -0.4 is 4.72 Å². The Kier molecular flexibility index (Phi) is 4.75. The van der Waals surface area contributed by atoms with E-state index in [1.54, 1.807) is 12.1 Å². The summed E-state index contributed by atoms with van der Waals surface area (Å²) in [5.74, 6) is -0.478. The average molecular weight is 346 g/mol. The second kappa shape index (κ2) is 6.45. The van der Waals surface area contributed by atoms with E-state index in [1.165, 1.54) is 18.6 Å². The summed E-state index contributed by atoms with van der Waals surface area (Å²) >= 11 is 5.77. The van der Waals surface area contributed by atoms with Gasteiger partial charge in [0.25, 0.3) is 0 Å². The molecule has 1 spiro atoms. The Bertz CT molecular complexity index is 611. The molecular formula is C15H20ClNO4S. The molecular weight excluding hydrogens is 326 g/mol. The van der Waals surface area contributed by atoms with Crippen molar-refractivity contribution in [2.75, 3.05) is 13.2 Å². The second-order valence-corrected chi connectivity index (χ2v) is 8.03. The van der Waals surface area contributed by atoms with Crippen LogP contribution >= 0.6 is 11.6 Å². The minimum absolute atomic E-state index is 0.197. The molecule has 122 valence electrons. The third kappa shape index (κ3) is 3.63. The van der Waals surface area contributed by atoms with Crippen LogP contribution in [-0.4, -0.2) is 33.5 Å². The summed E-state index contributed by atoms with van der Waals surface area (Å²) in [6, 6.07) is 6.09. The predicted molar refractivity (Wildman–Crippen MR) is 83.3 cm³/mol. The van der Waals surface area contributed by atoms with Crippen molar-refractivity contribution in [3.05, 3.63) is 29.3 Å². The number of hydrogen-bond donors (Lipinski definition) is 1. The summed E-state index contributed by atoms with van der Waals surface area (Å²) in [4.78, 5) is 0.197. The fourth-order valence-electron chi connectivity index (χ4n) is 2.97. The number of halogens is 1. The van der Waals surface area contributed by atoms with E-state index in [1.807, 2.05) is 0 Å². The summed E-state index contributed by atoms with van der Waals surface area (Å²) in [5.41, 5.74) is 0. The van der Waals surface area contributed by atoms with Gasteiger partial charge in [0.1, 0.15) is 0 Å². The fraction of sp³-hybridized carbons (Fsp3) is 0.600. The summed E-state index contributed by atoms with van der Waals surface area (Å²) in [6.07, 6.45) is 4.97. The van der Waals surface area contributed by atoms with Gasteiger partial charge < -0.3 is 9.47 Å². The minimum Gasteiger partial charge on any atom is -0.347 e. The standard InChI is InChI=1S/C15H20ClNO4S/c16-12-4-6-14(7-5-12)22(18,19)17-10-13-11-20-15(21-13)8-2-1-3-9-15/h4-7,13,17H,1-3,8-11H2/t13-/m1/s1. The van der Waals surface area contributed by atoms with E-state index >= 15 is 0 Å². The Morgan fingerprint density at radius 3 is 2.55 bits per heavy atom. The molecule has 1 aliphatic heterocycles. The van der Waals surface area contributed by atoms with E-state index in [-0.39, 0.29) is 17.5 Å². The third-order valence-electron chi connectivity index (χ3n) is 4.15. The van der Waals surface area contributed by atoms with Gasteiger partial charge in [-0.1, -0.05) is 18.0 Å². The Balaban J connectivity index is 1.57. The van der Waals surface area contributed by atoms with Crippen LogP contribution in [0.5, 0.6) is 0 Å². The summed E-state index contributed by atoms with van der Waals surface area (Å²) in [7, 11) is -3.55. The van der Waals surface area contributed by atoms with Gasteiger partial charge >= 0.3 is 0 Å². The van der Waals surface area contributed by atoms with E-state index in [0.29, 0.717) is 11.6 Å². The molecule has 2 aliphatic rings. The Labute approximate surface area is 136 Å². The van der Waals surface area contributed by atoms with E-state index in [4.69, 9.17) is 21.1 Å². The van der Waals surface area contributed by atoms with Crippen LogP contribution in [0, 0.1) is 0 Å². The highest BCUT2D eigenvalue weighted by Gasteiger charge is 2.42. The van der Waals surface area contributed by atoms with Crippen molar-refractivity contribution in [2.24, 2.45) is 0 Å². The Morgan fingerprint density at radius 1 is 1.18 bits per heavy atom. The van der Waals surface area contributed by atoms with Crippen LogP contribution in [-0.2, 0) is 19.5 Å². The molecule has 1 heterocycles. The van der Waals surface area contributed by atoms with Crippen molar-refractivity contribution in [3.8, 4) is 0 Å². The van der Waals surface area contributed by atoms with Crippen molar-refractivity contribution in [3.63, 3.8) is 0 Å². The lowest BCUT2D eigenvalue weighted by Crippen LogP contribution is -2.37. The molecule has 0 unspecified atom stereocenters. The zero-order valence-electron chi connectivity index (χ0n) is 12.3. The molecule has 1 aromatic carbocycles. The van der Waals surface area contributed by atoms with Crippen LogP contribution in [0.15, 0.2) is 29.2 Å². The van der Waals surface area contributed by atoms with E-state index in [9.17, 15) is 8.42 Å². The number of hydrogen-bond acceptors (Lipinski definition) is 4. The van der Waals surface area contributed by atoms with Crippen molar-refractivity contribution >= 4 is 21.6 Å². The molecule has 0 bridgehead atoms. The molecule has 1 saturated heterocycles. The van der Waals surface area contributed by atoms with E-state index in [2.05, 4.69) is 4.72 Å². The lowest BCUT2D eigenvalue weighted by molar-refractivity contribution is -0.186. The second-order valence-electron chi connectivity index (χ2n) is 5.83. The van der Waals surface area contributed by atoms with Crippen molar-refractivity contribution in [1.29, 1.82) is 0 Å². The zero-order chi connectivity index (χ0) is 15.6. The molecule has 0 radical (unpaired) electrons. The molecule has 1 aliphatic carbocycles. The van der Waals surface area contributed by atoms with Crippen LogP contribution in [0.3, 0.4) is 0 Å². The number of ether oxygens (including phenoxy) is 2. The van der Waals surface area contributed by atoms with Gasteiger partial charge in [-0.15, -0.1) is 0 Å². The lowest BCUT2D eigenvalue weighted by atomic mass is 9.94. The molecule has 1 aromatic rings. The van der Waals surface area contributed by atoms with Crippen LogP contribution in [0.2, 0.25) is 5.02 Å². The van der Waals surface area contributed by atoms with Gasteiger partial charge in [-0.3, -0.25) is 0 Å². The fourth-order valence-corrected chi connectivity index (χ4v) is 4.16. The highest BCUT2D eigenvalue weighted by Crippen LogP contribution is 2.37. The van der Waals surface area contributed by atoms with Crippen molar-refractivity contribution < 1.29 is 17.9 Å². The van der Waals surface area contributed by atoms with Gasteiger partial charge in [-0.2, -0.15) is 0 Å². The molecule has 22 heavy (non-hydrogen) atoms. The van der Waals surface area contributed by atoms with Crippen molar-refractivity contribution in [2.45, 2.75) is 48.9 Å². The van der Waals surface area contributed by atoms with E-state index < -0.39 is 15.8 Å². The molecule has 0 amide bonds. The average Bonchev–Trinajstić information content (AvgIpc) is 2.89. The first-order valence-electron chi connectivity index (χ1n) is 7.56. The first-order chi connectivity index (χ1) is 10.5. The van der Waals surface area contributed by atoms with Crippen LogP contribution in [0.4, 0.5) is 0 Å². The van der Waals surface area contributed by atoms with Gasteiger partial charge in [-0.05, 0) is 37.1 Å². The maximum absolute atomic E-state index is 12.2. The molecule has 1 saturated carbocycles. The van der Waals surface area contributed by atoms with E-state index in [0.717, 1.165) is 25.7 Å². The molecule has 7 heteroatoms. The number of rotatable bonds is 4. The van der Waals surface area contributed by atoms with Crippen molar-refractivity contribution in [1.82, 2.24) is 4.72 Å². The number of sulfonamides is 1. The van der Waals surface area contributed by atoms with Crippen LogP contribution in [0.25, 0.3) is 0 Å². The SMILES string of the molecule is O=S(=O)(NC[C@@H]1COC2(CCCCC2)O1)c1ccc(Cl)cc1. The largest absolute Gasteiger partial charge is 0.347 e. The molecule has 1 N–H and O–H groups in total. The highest BCUT2D eigenvalue weighted by atomic mass is 35.5. The molecule has 1 atom stereocenters. The van der Waals surface area contributed by atoms with Crippen LogP contribution in [0.1, 0.15) is 32.1 Å². The molecule has 0 aromatic heterocycles. The molecule has 3 rings (SSSR count). The first kappa shape index (κ1) is 16.2. The van der Waals surface area contributed by atoms with Gasteiger partial charge in [0, 0.05) is 24.4 Å². The van der Waals surface area contributed by atoms with Gasteiger partial charge in [0.2, 0.25) is 10.0 Å². The summed E-state index contributed by atoms with van der Waals surface area (Å²) in [6.45, 7) is 0.649. The predicted octanol–water partition coefficient (Wildman–Crippen LogP) is 2.69. The quantitative estimate of drug-likeness (QED) is 0.911.